The van der Waals surface area contributed by atoms with Gasteiger partial charge in [0.05, 0.1) is 12.1 Å². The number of nitrogen functional groups attached to an aromatic ring is 1. The van der Waals surface area contributed by atoms with Gasteiger partial charge in [0.1, 0.15) is 6.54 Å². The molecular weight excluding hydrogens is 286 g/mol. The fourth-order valence-corrected chi connectivity index (χ4v) is 1.97. The molecule has 0 amide bonds. The predicted octanol–water partition coefficient (Wildman–Crippen LogP) is 1.94. The molecule has 0 fully saturated rings. The van der Waals surface area contributed by atoms with E-state index in [-0.39, 0.29) is 12.5 Å². The van der Waals surface area contributed by atoms with Crippen LogP contribution < -0.4 is 5.73 Å². The summed E-state index contributed by atoms with van der Waals surface area (Å²) in [5, 5.41) is 4.96. The Morgan fingerprint density at radius 2 is 2.35 bits per heavy atom. The number of esters is 1. The Morgan fingerprint density at radius 1 is 1.59 bits per heavy atom. The highest BCUT2D eigenvalue weighted by Gasteiger charge is 2.11. The molecule has 6 heteroatoms. The number of nitrogens with zero attached hydrogens (tertiary/aromatic N) is 2. The summed E-state index contributed by atoms with van der Waals surface area (Å²) in [6.07, 6.45) is 0. The number of fused-ring (bicyclic) bond motifs is 1. The van der Waals surface area contributed by atoms with E-state index in [0.29, 0.717) is 12.4 Å². The van der Waals surface area contributed by atoms with E-state index in [1.165, 1.54) is 0 Å². The number of ether oxygens (including phenoxy) is 1. The van der Waals surface area contributed by atoms with Gasteiger partial charge in [0, 0.05) is 9.86 Å². The molecule has 0 spiro atoms. The predicted molar refractivity (Wildman–Crippen MR) is 68.5 cm³/mol. The van der Waals surface area contributed by atoms with Gasteiger partial charge in [-0.15, -0.1) is 0 Å². The summed E-state index contributed by atoms with van der Waals surface area (Å²) in [4.78, 5) is 11.4. The lowest BCUT2D eigenvalue weighted by molar-refractivity contribution is -0.143. The molecule has 5 nitrogen and oxygen atoms in total. The Labute approximate surface area is 107 Å². The first-order valence-corrected chi connectivity index (χ1v) is 5.98. The Hall–Kier alpha value is -1.56. The summed E-state index contributed by atoms with van der Waals surface area (Å²) in [7, 11) is 0. The van der Waals surface area contributed by atoms with Gasteiger partial charge in [-0.25, -0.2) is 0 Å². The highest BCUT2D eigenvalue weighted by molar-refractivity contribution is 9.10. The lowest BCUT2D eigenvalue weighted by Gasteiger charge is -2.03. The average Bonchev–Trinajstić information content (AvgIpc) is 2.55. The van der Waals surface area contributed by atoms with Crippen LogP contribution in [0.15, 0.2) is 22.7 Å². The minimum Gasteiger partial charge on any atom is -0.465 e. The molecule has 2 rings (SSSR count). The molecule has 1 aromatic carbocycles. The van der Waals surface area contributed by atoms with Gasteiger partial charge >= 0.3 is 5.97 Å². The molecule has 0 atom stereocenters. The van der Waals surface area contributed by atoms with E-state index in [1.807, 2.05) is 18.2 Å². The highest BCUT2D eigenvalue weighted by Crippen LogP contribution is 2.24. The van der Waals surface area contributed by atoms with Crippen LogP contribution >= 0.6 is 15.9 Å². The van der Waals surface area contributed by atoms with Crippen molar-refractivity contribution in [3.8, 4) is 0 Å². The lowest BCUT2D eigenvalue weighted by atomic mass is 10.2. The molecule has 90 valence electrons. The summed E-state index contributed by atoms with van der Waals surface area (Å²) >= 11 is 3.37. The van der Waals surface area contributed by atoms with Crippen molar-refractivity contribution in [2.45, 2.75) is 13.5 Å². The van der Waals surface area contributed by atoms with Gasteiger partial charge in [0.15, 0.2) is 5.82 Å². The first-order valence-electron chi connectivity index (χ1n) is 5.19. The Balaban J connectivity index is 2.40. The molecule has 0 unspecified atom stereocenters. The smallest absolute Gasteiger partial charge is 0.327 e. The topological polar surface area (TPSA) is 70.1 Å². The van der Waals surface area contributed by atoms with E-state index in [4.69, 9.17) is 10.5 Å². The normalized spacial score (nSPS) is 10.7. The van der Waals surface area contributed by atoms with Crippen LogP contribution in [0.1, 0.15) is 6.92 Å². The van der Waals surface area contributed by atoms with Crippen LogP contribution in [0.3, 0.4) is 0 Å². The van der Waals surface area contributed by atoms with Crippen LogP contribution in [0, 0.1) is 0 Å². The van der Waals surface area contributed by atoms with Gasteiger partial charge in [-0.05, 0) is 25.1 Å². The highest BCUT2D eigenvalue weighted by atomic mass is 79.9. The third kappa shape index (κ3) is 2.41. The molecule has 1 aromatic heterocycles. The van der Waals surface area contributed by atoms with Gasteiger partial charge < -0.3 is 10.5 Å². The van der Waals surface area contributed by atoms with Gasteiger partial charge in [-0.2, -0.15) is 5.10 Å². The molecule has 0 aliphatic rings. The van der Waals surface area contributed by atoms with E-state index >= 15 is 0 Å². The summed E-state index contributed by atoms with van der Waals surface area (Å²) < 4.78 is 7.34. The van der Waals surface area contributed by atoms with E-state index in [2.05, 4.69) is 21.0 Å². The van der Waals surface area contributed by atoms with Gasteiger partial charge in [-0.1, -0.05) is 15.9 Å². The number of carbonyl (C=O) groups excluding carboxylic acids is 1. The molecule has 0 aliphatic heterocycles. The van der Waals surface area contributed by atoms with Crippen LogP contribution in [-0.4, -0.2) is 22.4 Å². The summed E-state index contributed by atoms with van der Waals surface area (Å²) in [5.41, 5.74) is 6.59. The van der Waals surface area contributed by atoms with Crippen LogP contribution in [0.2, 0.25) is 0 Å². The summed E-state index contributed by atoms with van der Waals surface area (Å²) in [5.74, 6) is 0.0914. The SMILES string of the molecule is CCOC(=O)Cn1nc(N)c2ccc(Br)cc21. The first-order chi connectivity index (χ1) is 8.11. The fraction of sp³-hybridized carbons (Fsp3) is 0.273. The largest absolute Gasteiger partial charge is 0.465 e. The van der Waals surface area contributed by atoms with Crippen molar-refractivity contribution in [2.75, 3.05) is 12.3 Å². The number of anilines is 1. The number of carbonyl (C=O) groups is 1. The van der Waals surface area contributed by atoms with Gasteiger partial charge in [0.2, 0.25) is 0 Å². The minimum atomic E-state index is -0.322. The zero-order valence-corrected chi connectivity index (χ0v) is 10.9. The van der Waals surface area contributed by atoms with E-state index in [0.717, 1.165) is 15.4 Å². The molecule has 0 saturated carbocycles. The second-order valence-electron chi connectivity index (χ2n) is 3.51. The first kappa shape index (κ1) is 11.9. The zero-order chi connectivity index (χ0) is 12.4. The van der Waals surface area contributed by atoms with Crippen LogP contribution in [0.25, 0.3) is 10.9 Å². The fourth-order valence-electron chi connectivity index (χ4n) is 1.62. The Morgan fingerprint density at radius 3 is 3.06 bits per heavy atom. The van der Waals surface area contributed by atoms with Crippen molar-refractivity contribution in [1.82, 2.24) is 9.78 Å². The molecule has 0 bridgehead atoms. The molecule has 0 radical (unpaired) electrons. The van der Waals surface area contributed by atoms with Crippen molar-refractivity contribution >= 4 is 38.6 Å². The molecule has 0 saturated heterocycles. The maximum Gasteiger partial charge on any atom is 0.327 e. The van der Waals surface area contributed by atoms with Crippen molar-refractivity contribution in [3.63, 3.8) is 0 Å². The van der Waals surface area contributed by atoms with Crippen molar-refractivity contribution in [1.29, 1.82) is 0 Å². The summed E-state index contributed by atoms with van der Waals surface area (Å²) in [6, 6.07) is 5.62. The molecule has 17 heavy (non-hydrogen) atoms. The number of hydrogen-bond donors (Lipinski definition) is 1. The molecule has 2 aromatic rings. The monoisotopic (exact) mass is 297 g/mol. The molecular formula is C11H12BrN3O2. The number of aromatic nitrogens is 2. The second kappa shape index (κ2) is 4.75. The Kier molecular flexibility index (Phi) is 3.33. The molecule has 1 heterocycles. The third-order valence-electron chi connectivity index (χ3n) is 2.33. The molecule has 2 N–H and O–H groups in total. The zero-order valence-electron chi connectivity index (χ0n) is 9.31. The lowest BCUT2D eigenvalue weighted by Crippen LogP contribution is -2.14. The number of nitrogens with two attached hydrogens (primary N) is 1. The van der Waals surface area contributed by atoms with Gasteiger partial charge in [-0.3, -0.25) is 9.48 Å². The van der Waals surface area contributed by atoms with Crippen LogP contribution in [0.5, 0.6) is 0 Å². The van der Waals surface area contributed by atoms with Crippen molar-refractivity contribution in [3.05, 3.63) is 22.7 Å². The Bertz CT molecular complexity index is 565. The maximum absolute atomic E-state index is 11.4. The maximum atomic E-state index is 11.4. The number of rotatable bonds is 3. The minimum absolute atomic E-state index is 0.0675. The van der Waals surface area contributed by atoms with Gasteiger partial charge in [0.25, 0.3) is 0 Å². The standard InChI is InChI=1S/C11H12BrN3O2/c1-2-17-10(16)6-15-9-5-7(12)3-4-8(9)11(13)14-15/h3-5H,2,6H2,1H3,(H2,13,14). The van der Waals surface area contributed by atoms with Crippen LogP contribution in [0.4, 0.5) is 5.82 Å². The van der Waals surface area contributed by atoms with E-state index in [1.54, 1.807) is 11.6 Å². The summed E-state index contributed by atoms with van der Waals surface area (Å²) in [6.45, 7) is 2.19. The number of halogens is 1. The van der Waals surface area contributed by atoms with Crippen molar-refractivity contribution < 1.29 is 9.53 Å². The van der Waals surface area contributed by atoms with E-state index < -0.39 is 0 Å². The third-order valence-corrected chi connectivity index (χ3v) is 2.82. The number of benzene rings is 1. The second-order valence-corrected chi connectivity index (χ2v) is 4.43. The van der Waals surface area contributed by atoms with E-state index in [9.17, 15) is 4.79 Å². The number of hydrogen-bond acceptors (Lipinski definition) is 4. The molecule has 0 aliphatic carbocycles. The van der Waals surface area contributed by atoms with Crippen molar-refractivity contribution in [2.24, 2.45) is 0 Å². The average molecular weight is 298 g/mol. The van der Waals surface area contributed by atoms with Crippen LogP contribution in [-0.2, 0) is 16.1 Å². The quantitative estimate of drug-likeness (QED) is 0.879.